The zero-order chi connectivity index (χ0) is 27.1. The quantitative estimate of drug-likeness (QED) is 0.332. The molecule has 0 spiro atoms. The van der Waals surface area contributed by atoms with E-state index in [2.05, 4.69) is 19.9 Å². The van der Waals surface area contributed by atoms with Crippen molar-refractivity contribution in [3.05, 3.63) is 57.3 Å². The number of amides is 2. The Balaban J connectivity index is 1.48. The van der Waals surface area contributed by atoms with Crippen molar-refractivity contribution < 1.29 is 19.4 Å². The number of aliphatic hydroxyl groups is 1. The van der Waals surface area contributed by atoms with E-state index >= 15 is 0 Å². The van der Waals surface area contributed by atoms with Crippen LogP contribution in [0.25, 0.3) is 11.6 Å². The number of aromatic nitrogens is 4. The number of ether oxygens (including phenoxy) is 1. The van der Waals surface area contributed by atoms with Crippen LogP contribution in [0.3, 0.4) is 0 Å². The Labute approximate surface area is 224 Å². The molecule has 0 bridgehead atoms. The van der Waals surface area contributed by atoms with Gasteiger partial charge in [-0.1, -0.05) is 11.6 Å². The summed E-state index contributed by atoms with van der Waals surface area (Å²) in [5, 5.41) is 9.78. The van der Waals surface area contributed by atoms with E-state index in [0.29, 0.717) is 54.2 Å². The molecule has 1 saturated heterocycles. The normalized spacial score (nSPS) is 16.9. The van der Waals surface area contributed by atoms with Gasteiger partial charge in [-0.25, -0.2) is 4.98 Å². The van der Waals surface area contributed by atoms with Gasteiger partial charge in [0.1, 0.15) is 10.9 Å². The molecule has 2 amide bonds. The minimum atomic E-state index is -0.372. The second-order valence-electron chi connectivity index (χ2n) is 9.43. The maximum absolute atomic E-state index is 13.7. The number of nitrogen functional groups attached to an aromatic ring is 1. The van der Waals surface area contributed by atoms with E-state index in [1.54, 1.807) is 36.5 Å². The second kappa shape index (κ2) is 10.1. The number of aryl methyl sites for hydroxylation is 1. The second-order valence-corrected chi connectivity index (χ2v) is 9.79. The molecule has 12 heteroatoms. The maximum Gasteiger partial charge on any atom is 0.260 e. The van der Waals surface area contributed by atoms with Crippen molar-refractivity contribution in [1.82, 2.24) is 24.8 Å². The smallest absolute Gasteiger partial charge is 0.260 e. The lowest BCUT2D eigenvalue weighted by molar-refractivity contribution is -0.113. The summed E-state index contributed by atoms with van der Waals surface area (Å²) >= 11 is 6.46. The number of likely N-dealkylation sites (tertiary alicyclic amines) is 1. The molecule has 5 rings (SSSR count). The van der Waals surface area contributed by atoms with Gasteiger partial charge in [0.15, 0.2) is 5.82 Å². The molecule has 3 aromatic heterocycles. The van der Waals surface area contributed by atoms with Crippen LogP contribution in [-0.4, -0.2) is 68.1 Å². The van der Waals surface area contributed by atoms with Crippen molar-refractivity contribution >= 4 is 46.8 Å². The zero-order valence-corrected chi connectivity index (χ0v) is 22.0. The Kier molecular flexibility index (Phi) is 6.80. The average molecular weight is 538 g/mol. The van der Waals surface area contributed by atoms with Gasteiger partial charge in [-0.05, 0) is 38.8 Å². The molecule has 11 nitrogen and oxygen atoms in total. The molecule has 5 heterocycles. The van der Waals surface area contributed by atoms with E-state index in [4.69, 9.17) is 22.1 Å². The Bertz CT molecular complexity index is 1460. The first kappa shape index (κ1) is 25.7. The number of aliphatic hydroxyl groups excluding tert-OH is 1. The van der Waals surface area contributed by atoms with E-state index in [9.17, 15) is 14.7 Å². The molecule has 4 N–H and O–H groups in total. The van der Waals surface area contributed by atoms with Crippen LogP contribution in [0.1, 0.15) is 51.3 Å². The van der Waals surface area contributed by atoms with Crippen molar-refractivity contribution in [3.8, 4) is 5.75 Å². The van der Waals surface area contributed by atoms with Gasteiger partial charge in [-0.2, -0.15) is 4.98 Å². The molecule has 2 aliphatic heterocycles. The van der Waals surface area contributed by atoms with Gasteiger partial charge in [-0.15, -0.1) is 0 Å². The fraction of sp³-hybridized carbons (Fsp3) is 0.346. The van der Waals surface area contributed by atoms with Crippen LogP contribution in [0, 0.1) is 13.8 Å². The van der Waals surface area contributed by atoms with Crippen LogP contribution in [0.15, 0.2) is 18.5 Å². The molecule has 2 aliphatic rings. The number of pyridine rings is 1. The summed E-state index contributed by atoms with van der Waals surface area (Å²) in [6.45, 7) is 4.89. The van der Waals surface area contributed by atoms with Crippen molar-refractivity contribution in [2.45, 2.75) is 39.3 Å². The highest BCUT2D eigenvalue weighted by molar-refractivity contribution is 6.41. The number of carbonyl (C=O) groups is 2. The minimum Gasteiger partial charge on any atom is -0.496 e. The lowest BCUT2D eigenvalue weighted by atomic mass is 10.1. The predicted octanol–water partition coefficient (Wildman–Crippen LogP) is 2.75. The topological polar surface area (TPSA) is 151 Å². The number of halogens is 1. The van der Waals surface area contributed by atoms with Crippen LogP contribution in [-0.2, 0) is 11.3 Å². The van der Waals surface area contributed by atoms with Crippen LogP contribution in [0.5, 0.6) is 5.75 Å². The molecule has 1 fully saturated rings. The first-order chi connectivity index (χ1) is 18.2. The number of carbonyl (C=O) groups excluding carboxylic acids is 2. The molecule has 38 heavy (non-hydrogen) atoms. The number of H-pyrrole nitrogens is 1. The Hall–Kier alpha value is -3.96. The highest BCUT2D eigenvalue weighted by atomic mass is 35.5. The summed E-state index contributed by atoms with van der Waals surface area (Å²) in [4.78, 5) is 45.8. The Morgan fingerprint density at radius 3 is 2.76 bits per heavy atom. The number of methoxy groups -OCH3 is 1. The third-order valence-electron chi connectivity index (χ3n) is 6.93. The summed E-state index contributed by atoms with van der Waals surface area (Å²) < 4.78 is 5.52. The van der Waals surface area contributed by atoms with Gasteiger partial charge < -0.3 is 25.5 Å². The maximum atomic E-state index is 13.7. The van der Waals surface area contributed by atoms with Crippen LogP contribution >= 0.6 is 11.6 Å². The van der Waals surface area contributed by atoms with E-state index in [0.717, 1.165) is 11.1 Å². The average Bonchev–Trinajstić information content (AvgIpc) is 3.45. The summed E-state index contributed by atoms with van der Waals surface area (Å²) in [7, 11) is 1.59. The van der Waals surface area contributed by atoms with Crippen molar-refractivity contribution in [1.29, 1.82) is 0 Å². The third-order valence-corrected chi connectivity index (χ3v) is 7.20. The molecule has 0 aromatic carbocycles. The number of hydrogen-bond acceptors (Lipinski definition) is 8. The number of piperidine rings is 1. The standard InChI is InChI=1S/C26H28ClN7O4/c1-13-10-30-19(14(2)21(13)38-3)12-34-23-20(22(27)31-26(28)32-23)18(25(34)37)9-16-8-15(11-29-16)24(36)33-6-4-17(35)5-7-33/h8-11,17,29,35H,4-7,12H2,1-3H3,(H2,28,31,32)/b18-9-. The van der Waals surface area contributed by atoms with E-state index in [1.807, 2.05) is 13.8 Å². The Morgan fingerprint density at radius 1 is 1.32 bits per heavy atom. The number of fused-ring (bicyclic) bond motifs is 1. The number of nitrogens with one attached hydrogen (secondary N) is 1. The molecular formula is C26H28ClN7O4. The highest BCUT2D eigenvalue weighted by Gasteiger charge is 2.37. The summed E-state index contributed by atoms with van der Waals surface area (Å²) in [5.74, 6) is 0.439. The Morgan fingerprint density at radius 2 is 2.05 bits per heavy atom. The lowest BCUT2D eigenvalue weighted by Crippen LogP contribution is -2.39. The summed E-state index contributed by atoms with van der Waals surface area (Å²) in [5.41, 5.74) is 9.84. The molecule has 0 radical (unpaired) electrons. The first-order valence-electron chi connectivity index (χ1n) is 12.2. The minimum absolute atomic E-state index is 0.0514. The van der Waals surface area contributed by atoms with Crippen molar-refractivity contribution in [2.75, 3.05) is 30.8 Å². The van der Waals surface area contributed by atoms with E-state index < -0.39 is 0 Å². The van der Waals surface area contributed by atoms with Gasteiger partial charge >= 0.3 is 0 Å². The van der Waals surface area contributed by atoms with Gasteiger partial charge in [-0.3, -0.25) is 19.5 Å². The van der Waals surface area contributed by atoms with Gasteiger partial charge in [0.2, 0.25) is 5.95 Å². The number of hydrogen-bond donors (Lipinski definition) is 3. The number of nitrogens with two attached hydrogens (primary N) is 1. The molecule has 0 atom stereocenters. The van der Waals surface area contributed by atoms with Crippen LogP contribution < -0.4 is 15.4 Å². The molecule has 198 valence electrons. The molecule has 0 unspecified atom stereocenters. The largest absolute Gasteiger partial charge is 0.496 e. The van der Waals surface area contributed by atoms with Gasteiger partial charge in [0, 0.05) is 42.3 Å². The van der Waals surface area contributed by atoms with E-state index in [1.165, 1.54) is 4.90 Å². The van der Waals surface area contributed by atoms with Crippen LogP contribution in [0.4, 0.5) is 11.8 Å². The number of aromatic amines is 1. The third kappa shape index (κ3) is 4.59. The lowest BCUT2D eigenvalue weighted by Gasteiger charge is -2.29. The molecule has 0 saturated carbocycles. The molecule has 3 aromatic rings. The van der Waals surface area contributed by atoms with Crippen molar-refractivity contribution in [3.63, 3.8) is 0 Å². The molecular weight excluding hydrogens is 510 g/mol. The number of rotatable bonds is 5. The number of nitrogens with zero attached hydrogens (tertiary/aromatic N) is 5. The van der Waals surface area contributed by atoms with Gasteiger partial charge in [0.25, 0.3) is 11.8 Å². The van der Waals surface area contributed by atoms with Crippen molar-refractivity contribution in [2.24, 2.45) is 0 Å². The highest BCUT2D eigenvalue weighted by Crippen LogP contribution is 2.41. The summed E-state index contributed by atoms with van der Waals surface area (Å²) in [6.07, 6.45) is 5.65. The van der Waals surface area contributed by atoms with E-state index in [-0.39, 0.29) is 47.0 Å². The monoisotopic (exact) mass is 537 g/mol. The fourth-order valence-corrected chi connectivity index (χ4v) is 5.17. The SMILES string of the molecule is COc1c(C)cnc(CN2C(=O)/C(=C\c3cc(C(=O)N4CCC(O)CC4)c[nH]3)c3c(Cl)nc(N)nc32)c1C. The van der Waals surface area contributed by atoms with Gasteiger partial charge in [0.05, 0.1) is 42.2 Å². The van der Waals surface area contributed by atoms with Crippen LogP contribution in [0.2, 0.25) is 5.15 Å². The predicted molar refractivity (Wildman–Crippen MR) is 143 cm³/mol. The molecule has 0 aliphatic carbocycles. The summed E-state index contributed by atoms with van der Waals surface area (Å²) in [6, 6.07) is 1.68. The first-order valence-corrected chi connectivity index (χ1v) is 12.6. The zero-order valence-electron chi connectivity index (χ0n) is 21.3. The fourth-order valence-electron chi connectivity index (χ4n) is 4.90. The number of anilines is 2.